The predicted octanol–water partition coefficient (Wildman–Crippen LogP) is 4.83. The van der Waals surface area contributed by atoms with E-state index in [4.69, 9.17) is 16.2 Å². The average Bonchev–Trinajstić information content (AvgIpc) is 2.78. The summed E-state index contributed by atoms with van der Waals surface area (Å²) in [6.45, 7) is 5.41. The Morgan fingerprint density at radius 2 is 2.09 bits per heavy atom. The quantitative estimate of drug-likeness (QED) is 0.326. The molecule has 2 atom stereocenters. The van der Waals surface area contributed by atoms with Gasteiger partial charge in [0.25, 0.3) is 0 Å². The molecule has 0 fully saturated rings. The van der Waals surface area contributed by atoms with E-state index >= 15 is 0 Å². The number of nitrogens with two attached hydrogens (primary N) is 2. The van der Waals surface area contributed by atoms with Crippen molar-refractivity contribution in [3.05, 3.63) is 70.6 Å². The van der Waals surface area contributed by atoms with E-state index in [2.05, 4.69) is 23.4 Å². The Labute approximate surface area is 200 Å². The molecule has 2 rings (SSSR count). The molecular weight excluding hydrogens is 443 g/mol. The van der Waals surface area contributed by atoms with Crippen LogP contribution in [0.15, 0.2) is 75.6 Å². The number of hydrogen-bond acceptors (Lipinski definition) is 6. The van der Waals surface area contributed by atoms with Crippen molar-refractivity contribution in [3.8, 4) is 0 Å². The summed E-state index contributed by atoms with van der Waals surface area (Å²) in [6, 6.07) is 0. The Morgan fingerprint density at radius 3 is 2.65 bits per heavy atom. The molecule has 0 spiro atoms. The summed E-state index contributed by atoms with van der Waals surface area (Å²) in [5.41, 5.74) is 19.2. The number of rotatable bonds is 9. The van der Waals surface area contributed by atoms with Crippen LogP contribution in [-0.2, 0) is 4.74 Å². The van der Waals surface area contributed by atoms with Gasteiger partial charge in [0.2, 0.25) is 0 Å². The van der Waals surface area contributed by atoms with E-state index in [1.807, 2.05) is 30.2 Å². The smallest absolute Gasteiger partial charge is 0.407 e. The fourth-order valence-corrected chi connectivity index (χ4v) is 4.24. The minimum Gasteiger partial charge on any atom is -0.501 e. The molecule has 0 saturated carbocycles. The van der Waals surface area contributed by atoms with Gasteiger partial charge in [0.15, 0.2) is 0 Å². The van der Waals surface area contributed by atoms with Crippen molar-refractivity contribution in [1.82, 2.24) is 10.4 Å². The Hall–Kier alpha value is -3.10. The Morgan fingerprint density at radius 1 is 1.35 bits per heavy atom. The maximum Gasteiger partial charge on any atom is 0.407 e. The van der Waals surface area contributed by atoms with Crippen LogP contribution in [0, 0.1) is 11.8 Å². The number of ether oxygens (including phenoxy) is 1. The molecule has 6 nitrogen and oxygen atoms in total. The van der Waals surface area contributed by atoms with Crippen molar-refractivity contribution in [3.63, 3.8) is 0 Å². The third kappa shape index (κ3) is 7.46. The number of aliphatic imine (C=N–C) groups is 1. The number of alkyl halides is 3. The monoisotopic (exact) mass is 479 g/mol. The number of hydrogen-bond donors (Lipinski definition) is 3. The molecule has 34 heavy (non-hydrogen) atoms. The summed E-state index contributed by atoms with van der Waals surface area (Å²) in [5.74, 6) is 1.75. The SMILES string of the molecule is C/C=C\C(=C/N)N1C[C@@H](C)C(C2C=CC(CC/C(C=NCC(F)(F)F)=C/C)=C(OC)C2)=C(N)N1. The molecule has 2 aliphatic rings. The van der Waals surface area contributed by atoms with E-state index in [-0.39, 0.29) is 11.8 Å². The molecule has 0 aromatic heterocycles. The molecule has 5 N–H and O–H groups in total. The lowest BCUT2D eigenvalue weighted by Gasteiger charge is -2.39. The van der Waals surface area contributed by atoms with Crippen LogP contribution in [-0.4, -0.2) is 37.6 Å². The highest BCUT2D eigenvalue weighted by Gasteiger charge is 2.31. The van der Waals surface area contributed by atoms with Crippen LogP contribution in [0.3, 0.4) is 0 Å². The van der Waals surface area contributed by atoms with E-state index < -0.39 is 12.7 Å². The lowest BCUT2D eigenvalue weighted by molar-refractivity contribution is -0.118. The number of halogens is 3. The van der Waals surface area contributed by atoms with Gasteiger partial charge in [-0.1, -0.05) is 31.2 Å². The Bertz CT molecular complexity index is 925. The van der Waals surface area contributed by atoms with Gasteiger partial charge in [0.05, 0.1) is 18.6 Å². The van der Waals surface area contributed by atoms with Gasteiger partial charge >= 0.3 is 6.18 Å². The van der Waals surface area contributed by atoms with Crippen LogP contribution in [0.5, 0.6) is 0 Å². The number of nitrogens with one attached hydrogen (secondary N) is 1. The van der Waals surface area contributed by atoms with Gasteiger partial charge in [-0.05, 0) is 49.5 Å². The molecule has 1 heterocycles. The molecule has 1 unspecified atom stereocenters. The van der Waals surface area contributed by atoms with Crippen LogP contribution in [0.2, 0.25) is 0 Å². The maximum atomic E-state index is 12.3. The van der Waals surface area contributed by atoms with E-state index in [1.165, 1.54) is 6.21 Å². The second-order valence-corrected chi connectivity index (χ2v) is 8.35. The van der Waals surface area contributed by atoms with E-state index in [9.17, 15) is 13.2 Å². The lowest BCUT2D eigenvalue weighted by atomic mass is 9.81. The van der Waals surface area contributed by atoms with Crippen molar-refractivity contribution in [2.24, 2.45) is 28.3 Å². The number of nitrogens with zero attached hydrogens (tertiary/aromatic N) is 2. The highest BCUT2D eigenvalue weighted by molar-refractivity contribution is 5.78. The molecule has 0 bridgehead atoms. The minimum absolute atomic E-state index is 0.0879. The van der Waals surface area contributed by atoms with Crippen LogP contribution < -0.4 is 16.9 Å². The zero-order chi connectivity index (χ0) is 25.3. The van der Waals surface area contributed by atoms with Crippen LogP contribution >= 0.6 is 0 Å². The summed E-state index contributed by atoms with van der Waals surface area (Å²) in [5, 5.41) is 1.94. The lowest BCUT2D eigenvalue weighted by Crippen LogP contribution is -2.48. The van der Waals surface area contributed by atoms with Gasteiger partial charge in [-0.3, -0.25) is 15.4 Å². The third-order valence-corrected chi connectivity index (χ3v) is 5.89. The normalized spacial score (nSPS) is 22.9. The molecule has 0 amide bonds. The van der Waals surface area contributed by atoms with E-state index in [0.717, 1.165) is 28.2 Å². The van der Waals surface area contributed by atoms with E-state index in [1.54, 1.807) is 26.3 Å². The van der Waals surface area contributed by atoms with Crippen molar-refractivity contribution in [2.45, 2.75) is 46.2 Å². The zero-order valence-electron chi connectivity index (χ0n) is 20.3. The summed E-state index contributed by atoms with van der Waals surface area (Å²) < 4.78 is 42.7. The zero-order valence-corrected chi connectivity index (χ0v) is 20.3. The summed E-state index contributed by atoms with van der Waals surface area (Å²) >= 11 is 0. The molecule has 0 saturated heterocycles. The molecule has 0 radical (unpaired) electrons. The van der Waals surface area contributed by atoms with Gasteiger partial charge < -0.3 is 16.2 Å². The highest BCUT2D eigenvalue weighted by atomic mass is 19.4. The Kier molecular flexibility index (Phi) is 9.89. The van der Waals surface area contributed by atoms with E-state index in [0.29, 0.717) is 31.6 Å². The first-order valence-electron chi connectivity index (χ1n) is 11.4. The van der Waals surface area contributed by atoms with Crippen molar-refractivity contribution in [1.29, 1.82) is 0 Å². The third-order valence-electron chi connectivity index (χ3n) is 5.89. The van der Waals surface area contributed by atoms with Gasteiger partial charge in [-0.25, -0.2) is 0 Å². The van der Waals surface area contributed by atoms with Crippen molar-refractivity contribution in [2.75, 3.05) is 20.2 Å². The van der Waals surface area contributed by atoms with Crippen LogP contribution in [0.1, 0.15) is 40.0 Å². The molecule has 0 aromatic carbocycles. The van der Waals surface area contributed by atoms with Gasteiger partial charge in [0.1, 0.15) is 12.4 Å². The number of allylic oxidation sites excluding steroid dienone is 8. The fourth-order valence-electron chi connectivity index (χ4n) is 4.24. The molecule has 0 aromatic rings. The van der Waals surface area contributed by atoms with Crippen molar-refractivity contribution < 1.29 is 17.9 Å². The van der Waals surface area contributed by atoms with Gasteiger partial charge in [-0.15, -0.1) is 0 Å². The predicted molar refractivity (Wildman–Crippen MR) is 131 cm³/mol. The minimum atomic E-state index is -4.30. The second kappa shape index (κ2) is 12.4. The molecule has 9 heteroatoms. The molecule has 1 aliphatic heterocycles. The maximum absolute atomic E-state index is 12.3. The average molecular weight is 480 g/mol. The summed E-state index contributed by atoms with van der Waals surface area (Å²) in [4.78, 5) is 3.51. The summed E-state index contributed by atoms with van der Waals surface area (Å²) in [7, 11) is 1.64. The first-order valence-corrected chi connectivity index (χ1v) is 11.4. The first-order chi connectivity index (χ1) is 16.1. The van der Waals surface area contributed by atoms with Gasteiger partial charge in [0, 0.05) is 37.2 Å². The highest BCUT2D eigenvalue weighted by Crippen LogP contribution is 2.36. The fraction of sp³-hybridized carbons (Fsp3) is 0.480. The van der Waals surface area contributed by atoms with Gasteiger partial charge in [-0.2, -0.15) is 13.2 Å². The second-order valence-electron chi connectivity index (χ2n) is 8.35. The molecule has 188 valence electrons. The van der Waals surface area contributed by atoms with Crippen LogP contribution in [0.4, 0.5) is 13.2 Å². The van der Waals surface area contributed by atoms with Crippen molar-refractivity contribution >= 4 is 6.21 Å². The van der Waals surface area contributed by atoms with Crippen LogP contribution in [0.25, 0.3) is 0 Å². The standard InChI is InChI=1S/C25H36F3N5O/c1-5-7-21(13-29)33-15-17(3)23(24(30)32-33)20-11-10-19(22(12-20)34-4)9-8-18(6-2)14-31-16-25(26,27)28/h5-7,10-11,13-14,17,20,32H,8-9,12,15-16,29-30H2,1-4H3/b7-5-,18-6-,21-13+,31-14?/t17-,20?/m1/s1. The summed E-state index contributed by atoms with van der Waals surface area (Å²) in [6.07, 6.45) is 10.2. The largest absolute Gasteiger partial charge is 0.501 e. The molecule has 1 aliphatic carbocycles. The first kappa shape index (κ1) is 27.1. The topological polar surface area (TPSA) is 88.9 Å². The molecular formula is C25H36F3N5O. The number of methoxy groups -OCH3 is 1. The number of hydrazine groups is 1. The Balaban J connectivity index is 2.10.